The predicted molar refractivity (Wildman–Crippen MR) is 165 cm³/mol. The van der Waals surface area contributed by atoms with Crippen molar-refractivity contribution in [3.8, 4) is 0 Å². The maximum absolute atomic E-state index is 13.4. The first-order chi connectivity index (χ1) is 20.0. The lowest BCUT2D eigenvalue weighted by Crippen LogP contribution is -2.68. The third kappa shape index (κ3) is 5.23. The molecular formula is C33H39N3O5Si. The van der Waals surface area contributed by atoms with E-state index in [1.165, 1.54) is 4.90 Å². The Kier molecular flexibility index (Phi) is 8.24. The molecule has 0 aromatic heterocycles. The van der Waals surface area contributed by atoms with E-state index in [1.807, 2.05) is 42.5 Å². The largest absolute Gasteiger partial charge is 0.402 e. The SMILES string of the molecule is CC1=CN([C@H]2C[C@H](O[Si](c3ccccc3)(c3ccccc3)C(C)(C)C)[C@@H](CO)O2)C(=O)NC1(N)C(=O)c1ccccc1. The molecule has 2 aliphatic heterocycles. The number of aliphatic hydroxyl groups excluding tert-OH is 1. The first-order valence-corrected chi connectivity index (χ1v) is 16.2. The van der Waals surface area contributed by atoms with Crippen molar-refractivity contribution in [1.29, 1.82) is 0 Å². The minimum Gasteiger partial charge on any atom is -0.402 e. The number of carbonyl (C=O) groups excluding carboxylic acids is 2. The van der Waals surface area contributed by atoms with Crippen LogP contribution in [0.15, 0.2) is 103 Å². The van der Waals surface area contributed by atoms with E-state index < -0.39 is 44.2 Å². The maximum atomic E-state index is 13.4. The highest BCUT2D eigenvalue weighted by Gasteiger charge is 2.55. The summed E-state index contributed by atoms with van der Waals surface area (Å²) in [5, 5.41) is 15.1. The molecule has 0 radical (unpaired) electrons. The summed E-state index contributed by atoms with van der Waals surface area (Å²) in [5.74, 6) is -0.404. The van der Waals surface area contributed by atoms with Gasteiger partial charge >= 0.3 is 6.03 Å². The fourth-order valence-corrected chi connectivity index (χ4v) is 10.8. The molecule has 3 aromatic rings. The Morgan fingerprint density at radius 3 is 2.05 bits per heavy atom. The molecule has 4 atom stereocenters. The standard InChI is InChI=1S/C33H39N3O5Si/c1-23-21-36(31(39)35-33(23,34)30(38)24-14-8-5-9-15-24)29-20-27(28(22-37)40-29)41-42(32(2,3)4,25-16-10-6-11-17-25)26-18-12-7-13-19-26/h5-19,21,27-29,37H,20,22,34H2,1-4H3,(H,35,39)/t27-,28+,29+,33?/m0/s1. The minimum absolute atomic E-state index is 0.273. The van der Waals surface area contributed by atoms with Gasteiger partial charge in [0.1, 0.15) is 12.3 Å². The molecule has 0 spiro atoms. The van der Waals surface area contributed by atoms with Crippen LogP contribution in [0.5, 0.6) is 0 Å². The van der Waals surface area contributed by atoms with E-state index >= 15 is 0 Å². The molecule has 1 fully saturated rings. The Hall–Kier alpha value is -3.60. The number of amides is 2. The fourth-order valence-electron chi connectivity index (χ4n) is 6.05. The third-order valence-electron chi connectivity index (χ3n) is 8.30. The van der Waals surface area contributed by atoms with E-state index in [1.54, 1.807) is 37.4 Å². The zero-order valence-corrected chi connectivity index (χ0v) is 25.5. The number of benzene rings is 3. The highest BCUT2D eigenvalue weighted by atomic mass is 28.4. The number of nitrogens with two attached hydrogens (primary N) is 1. The van der Waals surface area contributed by atoms with Crippen molar-refractivity contribution in [3.05, 3.63) is 108 Å². The molecule has 0 aliphatic carbocycles. The van der Waals surface area contributed by atoms with E-state index in [4.69, 9.17) is 14.9 Å². The van der Waals surface area contributed by atoms with Crippen molar-refractivity contribution < 1.29 is 23.9 Å². The van der Waals surface area contributed by atoms with Crippen LogP contribution in [0.3, 0.4) is 0 Å². The van der Waals surface area contributed by atoms with E-state index in [0.29, 0.717) is 17.6 Å². The third-order valence-corrected chi connectivity index (χ3v) is 13.4. The quantitative estimate of drug-likeness (QED) is 0.276. The molecule has 2 amide bonds. The first kappa shape index (κ1) is 29.9. The second-order valence-electron chi connectivity index (χ2n) is 12.0. The van der Waals surface area contributed by atoms with Crippen LogP contribution >= 0.6 is 0 Å². The van der Waals surface area contributed by atoms with Gasteiger partial charge in [0.15, 0.2) is 5.66 Å². The van der Waals surface area contributed by atoms with Crippen LogP contribution in [0.1, 0.15) is 44.5 Å². The molecule has 3 aromatic carbocycles. The maximum Gasteiger partial charge on any atom is 0.325 e. The molecule has 8 nitrogen and oxygen atoms in total. The lowest BCUT2D eigenvalue weighted by molar-refractivity contribution is -0.0529. The van der Waals surface area contributed by atoms with Crippen LogP contribution in [0.2, 0.25) is 5.04 Å². The van der Waals surface area contributed by atoms with Gasteiger partial charge in [-0.1, -0.05) is 112 Å². The minimum atomic E-state index is -2.95. The highest BCUT2D eigenvalue weighted by molar-refractivity contribution is 6.99. The van der Waals surface area contributed by atoms with Gasteiger partial charge in [-0.25, -0.2) is 4.79 Å². The van der Waals surface area contributed by atoms with E-state index in [2.05, 4.69) is 50.4 Å². The lowest BCUT2D eigenvalue weighted by atomic mass is 9.91. The van der Waals surface area contributed by atoms with Crippen LogP contribution in [0.25, 0.3) is 0 Å². The van der Waals surface area contributed by atoms with Gasteiger partial charge in [-0.2, -0.15) is 0 Å². The summed E-state index contributed by atoms with van der Waals surface area (Å²) >= 11 is 0. The molecule has 0 saturated carbocycles. The van der Waals surface area contributed by atoms with Gasteiger partial charge in [0.05, 0.1) is 12.7 Å². The van der Waals surface area contributed by atoms with Gasteiger partial charge in [0.2, 0.25) is 5.78 Å². The predicted octanol–water partition coefficient (Wildman–Crippen LogP) is 3.51. The molecule has 220 valence electrons. The smallest absolute Gasteiger partial charge is 0.325 e. The molecule has 2 heterocycles. The Morgan fingerprint density at radius 2 is 1.55 bits per heavy atom. The number of aliphatic hydroxyl groups is 1. The number of urea groups is 1. The van der Waals surface area contributed by atoms with Crippen molar-refractivity contribution in [2.24, 2.45) is 5.73 Å². The molecule has 9 heteroatoms. The van der Waals surface area contributed by atoms with E-state index in [9.17, 15) is 14.7 Å². The average molecular weight is 586 g/mol. The summed E-state index contributed by atoms with van der Waals surface area (Å²) < 4.78 is 13.5. The molecule has 42 heavy (non-hydrogen) atoms. The summed E-state index contributed by atoms with van der Waals surface area (Å²) in [6.07, 6.45) is 0.0230. The zero-order valence-electron chi connectivity index (χ0n) is 24.5. The number of Topliss-reactive ketones (excluding diaryl/α,β-unsaturated/α-hetero) is 1. The zero-order chi connectivity index (χ0) is 30.1. The number of hydrogen-bond acceptors (Lipinski definition) is 6. The number of ether oxygens (including phenoxy) is 1. The van der Waals surface area contributed by atoms with Gasteiger partial charge in [-0.15, -0.1) is 0 Å². The summed E-state index contributed by atoms with van der Waals surface area (Å²) in [6, 6.07) is 28.6. The Morgan fingerprint density at radius 1 is 1.02 bits per heavy atom. The van der Waals surface area contributed by atoms with Gasteiger partial charge in [-0.05, 0) is 27.9 Å². The number of nitrogens with one attached hydrogen (secondary N) is 1. The van der Waals surface area contributed by atoms with E-state index in [0.717, 1.165) is 10.4 Å². The highest BCUT2D eigenvalue weighted by Crippen LogP contribution is 2.40. The van der Waals surface area contributed by atoms with Gasteiger partial charge < -0.3 is 19.6 Å². The summed E-state index contributed by atoms with van der Waals surface area (Å²) in [7, 11) is -2.95. The number of nitrogens with zero attached hydrogens (tertiary/aromatic N) is 1. The molecule has 1 saturated heterocycles. The Bertz CT molecular complexity index is 1410. The molecule has 4 N–H and O–H groups in total. The second kappa shape index (κ2) is 11.6. The van der Waals surface area contributed by atoms with Crippen LogP contribution in [-0.4, -0.2) is 60.8 Å². The van der Waals surface area contributed by atoms with Gasteiger partial charge in [0.25, 0.3) is 8.32 Å². The summed E-state index contributed by atoms with van der Waals surface area (Å²) in [4.78, 5) is 28.1. The number of carbonyl (C=O) groups is 2. The number of hydrogen-bond donors (Lipinski definition) is 3. The summed E-state index contributed by atoms with van der Waals surface area (Å²) in [6.45, 7) is 8.01. The van der Waals surface area contributed by atoms with Crippen LogP contribution in [0, 0.1) is 0 Å². The summed E-state index contributed by atoms with van der Waals surface area (Å²) in [5.41, 5.74) is 5.68. The molecule has 1 unspecified atom stereocenters. The monoisotopic (exact) mass is 585 g/mol. The van der Waals surface area contributed by atoms with Gasteiger partial charge in [0, 0.05) is 18.2 Å². The normalized spacial score (nSPS) is 24.7. The van der Waals surface area contributed by atoms with Crippen LogP contribution < -0.4 is 21.4 Å². The van der Waals surface area contributed by atoms with Crippen LogP contribution in [-0.2, 0) is 9.16 Å². The van der Waals surface area contributed by atoms with Crippen LogP contribution in [0.4, 0.5) is 4.79 Å². The van der Waals surface area contributed by atoms with Gasteiger partial charge in [-0.3, -0.25) is 15.4 Å². The number of rotatable bonds is 8. The lowest BCUT2D eigenvalue weighted by Gasteiger charge is -2.45. The molecule has 0 bridgehead atoms. The molecule has 2 aliphatic rings. The average Bonchev–Trinajstić information content (AvgIpc) is 3.40. The van der Waals surface area contributed by atoms with Crippen molar-refractivity contribution in [2.45, 2.75) is 63.3 Å². The van der Waals surface area contributed by atoms with Crippen molar-refractivity contribution in [2.75, 3.05) is 6.61 Å². The van der Waals surface area contributed by atoms with E-state index in [-0.39, 0.29) is 11.6 Å². The fraction of sp³-hybridized carbons (Fsp3) is 0.333. The Labute approximate surface area is 248 Å². The van der Waals surface area contributed by atoms with Crippen molar-refractivity contribution >= 4 is 30.5 Å². The second-order valence-corrected chi connectivity index (χ2v) is 16.3. The van der Waals surface area contributed by atoms with Crippen molar-refractivity contribution in [3.63, 3.8) is 0 Å². The van der Waals surface area contributed by atoms with Crippen molar-refractivity contribution in [1.82, 2.24) is 10.2 Å². The number of ketones is 1. The topological polar surface area (TPSA) is 114 Å². The molecular weight excluding hydrogens is 546 g/mol. The first-order valence-electron chi connectivity index (χ1n) is 14.2. The molecule has 5 rings (SSSR count). The Balaban J connectivity index is 1.47.